The van der Waals surface area contributed by atoms with Crippen molar-refractivity contribution in [2.75, 3.05) is 7.11 Å². The molecule has 0 aromatic heterocycles. The van der Waals surface area contributed by atoms with Gasteiger partial charge in [0.05, 0.1) is 24.6 Å². The summed E-state index contributed by atoms with van der Waals surface area (Å²) < 4.78 is 16.4. The van der Waals surface area contributed by atoms with E-state index in [9.17, 15) is 9.59 Å². The zero-order valence-corrected chi connectivity index (χ0v) is 13.7. The molecule has 1 amide bonds. The predicted molar refractivity (Wildman–Crippen MR) is 83.4 cm³/mol. The number of benzene rings is 1. The zero-order chi connectivity index (χ0) is 17.0. The number of allylic oxidation sites excluding steroid dienone is 1. The van der Waals surface area contributed by atoms with Gasteiger partial charge in [-0.1, -0.05) is 25.1 Å². The summed E-state index contributed by atoms with van der Waals surface area (Å²) in [6.07, 6.45) is -0.623. The van der Waals surface area contributed by atoms with Crippen LogP contribution in [0.15, 0.2) is 41.7 Å². The van der Waals surface area contributed by atoms with Gasteiger partial charge in [0.2, 0.25) is 12.2 Å². The Morgan fingerprint density at radius 3 is 2.43 bits per heavy atom. The molecule has 0 saturated carbocycles. The van der Waals surface area contributed by atoms with Crippen LogP contribution in [0, 0.1) is 5.92 Å². The molecule has 0 fully saturated rings. The average Bonchev–Trinajstić information content (AvgIpc) is 2.52. The van der Waals surface area contributed by atoms with Crippen LogP contribution in [-0.4, -0.2) is 31.3 Å². The fourth-order valence-corrected chi connectivity index (χ4v) is 2.55. The minimum absolute atomic E-state index is 0.239. The Bertz CT molecular complexity index is 611. The molecular weight excluding hydrogens is 298 g/mol. The van der Waals surface area contributed by atoms with Crippen LogP contribution in [0.5, 0.6) is 5.75 Å². The maximum absolute atomic E-state index is 12.0. The second kappa shape index (κ2) is 7.17. The SMILES string of the molecule is COC(=O)C1=C(C)O[C@@H](Oc2ccccc2)[C@@H](C)[C@@H]1NC(C)=O. The third-order valence-electron chi connectivity index (χ3n) is 3.70. The molecule has 6 nitrogen and oxygen atoms in total. The maximum Gasteiger partial charge on any atom is 0.339 e. The molecule has 0 unspecified atom stereocenters. The smallest absolute Gasteiger partial charge is 0.339 e. The van der Waals surface area contributed by atoms with Gasteiger partial charge in [-0.25, -0.2) is 4.79 Å². The van der Waals surface area contributed by atoms with Gasteiger partial charge in [-0.3, -0.25) is 4.79 Å². The molecule has 0 saturated heterocycles. The molecule has 1 heterocycles. The fraction of sp³-hybridized carbons (Fsp3) is 0.412. The van der Waals surface area contributed by atoms with Gasteiger partial charge in [-0.05, 0) is 19.1 Å². The van der Waals surface area contributed by atoms with Gasteiger partial charge in [0, 0.05) is 6.92 Å². The summed E-state index contributed by atoms with van der Waals surface area (Å²) in [7, 11) is 1.30. The van der Waals surface area contributed by atoms with E-state index in [1.165, 1.54) is 14.0 Å². The maximum atomic E-state index is 12.0. The van der Waals surface area contributed by atoms with E-state index >= 15 is 0 Å². The second-order valence-electron chi connectivity index (χ2n) is 5.42. The van der Waals surface area contributed by atoms with E-state index < -0.39 is 18.3 Å². The number of esters is 1. The molecule has 3 atom stereocenters. The first-order chi connectivity index (χ1) is 10.9. The van der Waals surface area contributed by atoms with Crippen molar-refractivity contribution in [2.24, 2.45) is 5.92 Å². The summed E-state index contributed by atoms with van der Waals surface area (Å²) in [5, 5.41) is 2.79. The second-order valence-corrected chi connectivity index (χ2v) is 5.42. The zero-order valence-electron chi connectivity index (χ0n) is 13.7. The van der Waals surface area contributed by atoms with Crippen LogP contribution < -0.4 is 10.1 Å². The summed E-state index contributed by atoms with van der Waals surface area (Å²) >= 11 is 0. The highest BCUT2D eigenvalue weighted by atomic mass is 16.7. The first kappa shape index (κ1) is 16.9. The van der Waals surface area contributed by atoms with Gasteiger partial charge < -0.3 is 19.5 Å². The van der Waals surface area contributed by atoms with E-state index in [0.717, 1.165) is 0 Å². The molecule has 0 radical (unpaired) electrons. The summed E-state index contributed by atoms with van der Waals surface area (Å²) in [5.74, 6) is -0.00513. The number of methoxy groups -OCH3 is 1. The van der Waals surface area contributed by atoms with Crippen molar-refractivity contribution < 1.29 is 23.8 Å². The Morgan fingerprint density at radius 2 is 1.87 bits per heavy atom. The van der Waals surface area contributed by atoms with Crippen LogP contribution >= 0.6 is 0 Å². The number of para-hydroxylation sites is 1. The topological polar surface area (TPSA) is 73.9 Å². The van der Waals surface area contributed by atoms with Gasteiger partial charge in [0.25, 0.3) is 0 Å². The molecule has 23 heavy (non-hydrogen) atoms. The molecule has 0 aliphatic carbocycles. The average molecular weight is 319 g/mol. The summed E-state index contributed by atoms with van der Waals surface area (Å²) in [6.45, 7) is 4.91. The van der Waals surface area contributed by atoms with Crippen molar-refractivity contribution in [3.8, 4) is 5.75 Å². The van der Waals surface area contributed by atoms with Gasteiger partial charge in [-0.2, -0.15) is 0 Å². The van der Waals surface area contributed by atoms with Crippen molar-refractivity contribution in [1.29, 1.82) is 0 Å². The molecule has 1 N–H and O–H groups in total. The highest BCUT2D eigenvalue weighted by molar-refractivity contribution is 5.91. The molecular formula is C17H21NO5. The first-order valence-electron chi connectivity index (χ1n) is 7.38. The van der Waals surface area contributed by atoms with Crippen molar-refractivity contribution in [3.63, 3.8) is 0 Å². The lowest BCUT2D eigenvalue weighted by atomic mass is 9.90. The monoisotopic (exact) mass is 319 g/mol. The number of amides is 1. The molecule has 0 bridgehead atoms. The lowest BCUT2D eigenvalue weighted by Gasteiger charge is -2.37. The number of hydrogen-bond acceptors (Lipinski definition) is 5. The molecule has 124 valence electrons. The quantitative estimate of drug-likeness (QED) is 0.859. The van der Waals surface area contributed by atoms with Crippen LogP contribution in [0.1, 0.15) is 20.8 Å². The van der Waals surface area contributed by atoms with E-state index in [2.05, 4.69) is 5.32 Å². The van der Waals surface area contributed by atoms with Crippen molar-refractivity contribution in [2.45, 2.75) is 33.1 Å². The van der Waals surface area contributed by atoms with Gasteiger partial charge >= 0.3 is 5.97 Å². The van der Waals surface area contributed by atoms with E-state index in [1.807, 2.05) is 37.3 Å². The Hall–Kier alpha value is -2.50. The Labute approximate surface area is 135 Å². The Balaban J connectivity index is 2.30. The molecule has 1 aromatic rings. The lowest BCUT2D eigenvalue weighted by Crippen LogP contribution is -2.51. The molecule has 2 rings (SSSR count). The third kappa shape index (κ3) is 3.83. The first-order valence-corrected chi connectivity index (χ1v) is 7.38. The van der Waals surface area contributed by atoms with Crippen molar-refractivity contribution in [3.05, 3.63) is 41.7 Å². The van der Waals surface area contributed by atoms with Gasteiger partial charge in [0.15, 0.2) is 0 Å². The van der Waals surface area contributed by atoms with E-state index in [4.69, 9.17) is 14.2 Å². The van der Waals surface area contributed by atoms with E-state index in [-0.39, 0.29) is 11.8 Å². The van der Waals surface area contributed by atoms with Crippen molar-refractivity contribution >= 4 is 11.9 Å². The van der Waals surface area contributed by atoms with Gasteiger partial charge in [-0.15, -0.1) is 0 Å². The van der Waals surface area contributed by atoms with Gasteiger partial charge in [0.1, 0.15) is 11.5 Å². The van der Waals surface area contributed by atoms with Crippen LogP contribution in [0.3, 0.4) is 0 Å². The predicted octanol–water partition coefficient (Wildman–Crippen LogP) is 2.01. The standard InChI is InChI=1S/C17H21NO5/c1-10-15(18-12(3)19)14(16(20)21-4)11(2)22-17(10)23-13-8-6-5-7-9-13/h5-10,15,17H,1-4H3,(H,18,19)/t10-,15-,17-/m0/s1. The number of rotatable bonds is 4. The highest BCUT2D eigenvalue weighted by Crippen LogP contribution is 2.31. The summed E-state index contributed by atoms with van der Waals surface area (Å²) in [4.78, 5) is 23.5. The van der Waals surface area contributed by atoms with Crippen LogP contribution in [-0.2, 0) is 19.1 Å². The largest absolute Gasteiger partial charge is 0.466 e. The number of carbonyl (C=O) groups is 2. The highest BCUT2D eigenvalue weighted by Gasteiger charge is 2.41. The number of hydrogen-bond donors (Lipinski definition) is 1. The summed E-state index contributed by atoms with van der Waals surface area (Å²) in [5.41, 5.74) is 0.308. The van der Waals surface area contributed by atoms with E-state index in [0.29, 0.717) is 17.1 Å². The molecule has 1 aromatic carbocycles. The number of carbonyl (C=O) groups excluding carboxylic acids is 2. The molecule has 1 aliphatic rings. The lowest BCUT2D eigenvalue weighted by molar-refractivity contribution is -0.141. The molecule has 6 heteroatoms. The molecule has 1 aliphatic heterocycles. The minimum Gasteiger partial charge on any atom is -0.466 e. The minimum atomic E-state index is -0.623. The Kier molecular flexibility index (Phi) is 5.26. The Morgan fingerprint density at radius 1 is 1.22 bits per heavy atom. The van der Waals surface area contributed by atoms with Crippen LogP contribution in [0.2, 0.25) is 0 Å². The van der Waals surface area contributed by atoms with Crippen LogP contribution in [0.25, 0.3) is 0 Å². The molecule has 0 spiro atoms. The fourth-order valence-electron chi connectivity index (χ4n) is 2.55. The van der Waals surface area contributed by atoms with Crippen LogP contribution in [0.4, 0.5) is 0 Å². The third-order valence-corrected chi connectivity index (χ3v) is 3.70. The number of ether oxygens (including phenoxy) is 3. The normalized spacial score (nSPS) is 23.7. The van der Waals surface area contributed by atoms with E-state index in [1.54, 1.807) is 6.92 Å². The number of nitrogens with one attached hydrogen (secondary N) is 1. The van der Waals surface area contributed by atoms with Crippen molar-refractivity contribution in [1.82, 2.24) is 5.32 Å². The summed E-state index contributed by atoms with van der Waals surface area (Å²) in [6, 6.07) is 8.70.